The minimum absolute atomic E-state index is 0.0446. The van der Waals surface area contributed by atoms with Crippen molar-refractivity contribution in [3.05, 3.63) is 52.1 Å². The molecule has 2 rings (SSSR count). The minimum atomic E-state index is -4.65. The predicted octanol–water partition coefficient (Wildman–Crippen LogP) is 3.71. The van der Waals surface area contributed by atoms with Crippen LogP contribution in [0, 0.1) is 0 Å². The van der Waals surface area contributed by atoms with Gasteiger partial charge in [-0.1, -0.05) is 35.3 Å². The van der Waals surface area contributed by atoms with Gasteiger partial charge in [-0.15, -0.1) is 4.83 Å². The van der Waals surface area contributed by atoms with E-state index in [1.807, 2.05) is 4.83 Å². The van der Waals surface area contributed by atoms with Gasteiger partial charge in [0.1, 0.15) is 15.9 Å². The number of anilines is 1. The number of aromatic nitrogens is 1. The number of hydrazine groups is 1. The van der Waals surface area contributed by atoms with Crippen molar-refractivity contribution < 1.29 is 21.6 Å². The molecule has 23 heavy (non-hydrogen) atoms. The first-order valence-corrected chi connectivity index (χ1v) is 8.10. The van der Waals surface area contributed by atoms with Crippen LogP contribution in [-0.4, -0.2) is 13.4 Å². The normalized spacial score (nSPS) is 12.2. The Kier molecular flexibility index (Phi) is 5.04. The van der Waals surface area contributed by atoms with Crippen molar-refractivity contribution in [2.75, 3.05) is 5.43 Å². The van der Waals surface area contributed by atoms with Crippen LogP contribution in [0.25, 0.3) is 0 Å². The molecule has 0 aliphatic carbocycles. The molecule has 2 aromatic rings. The Labute approximate surface area is 139 Å². The van der Waals surface area contributed by atoms with Crippen LogP contribution < -0.4 is 10.3 Å². The second-order valence-corrected chi connectivity index (χ2v) is 6.67. The van der Waals surface area contributed by atoms with E-state index in [0.717, 1.165) is 0 Å². The molecule has 0 spiro atoms. The lowest BCUT2D eigenvalue weighted by Gasteiger charge is -2.12. The van der Waals surface area contributed by atoms with Gasteiger partial charge in [-0.2, -0.15) is 13.2 Å². The zero-order valence-electron chi connectivity index (χ0n) is 11.0. The Morgan fingerprint density at radius 1 is 1.09 bits per heavy atom. The average Bonchev–Trinajstić information content (AvgIpc) is 2.44. The standard InChI is InChI=1S/C12H8Cl2F3N3O2S/c13-8-3-1-2-4-9(8)23(21,22)20-19-11-6-7(12(15,16)17)5-10(14)18-11/h1-6,20H,(H,18,19). The van der Waals surface area contributed by atoms with Crippen molar-refractivity contribution in [3.8, 4) is 0 Å². The first-order chi connectivity index (χ1) is 10.6. The van der Waals surface area contributed by atoms with E-state index in [1.165, 1.54) is 24.3 Å². The van der Waals surface area contributed by atoms with Crippen molar-refractivity contribution in [2.45, 2.75) is 11.1 Å². The third-order valence-corrected chi connectivity index (χ3v) is 4.50. The van der Waals surface area contributed by atoms with Gasteiger partial charge in [0.2, 0.25) is 0 Å². The first-order valence-electron chi connectivity index (χ1n) is 5.87. The number of nitrogens with one attached hydrogen (secondary N) is 2. The molecule has 1 heterocycles. The third-order valence-electron chi connectivity index (χ3n) is 2.56. The van der Waals surface area contributed by atoms with Crippen LogP contribution in [0.2, 0.25) is 10.2 Å². The molecule has 1 aromatic carbocycles. The van der Waals surface area contributed by atoms with Gasteiger partial charge in [0.25, 0.3) is 10.0 Å². The van der Waals surface area contributed by atoms with Crippen LogP contribution in [0.15, 0.2) is 41.3 Å². The van der Waals surface area contributed by atoms with Crippen molar-refractivity contribution in [2.24, 2.45) is 0 Å². The summed E-state index contributed by atoms with van der Waals surface area (Å²) in [7, 11) is -4.11. The quantitative estimate of drug-likeness (QED) is 0.621. The van der Waals surface area contributed by atoms with Crippen LogP contribution in [-0.2, 0) is 16.2 Å². The highest BCUT2D eigenvalue weighted by Crippen LogP contribution is 2.31. The molecular formula is C12H8Cl2F3N3O2S. The van der Waals surface area contributed by atoms with E-state index in [0.29, 0.717) is 12.1 Å². The molecule has 0 saturated carbocycles. The number of benzene rings is 1. The Morgan fingerprint density at radius 3 is 2.35 bits per heavy atom. The fourth-order valence-corrected chi connectivity index (χ4v) is 3.14. The number of rotatable bonds is 4. The molecule has 0 aliphatic heterocycles. The van der Waals surface area contributed by atoms with E-state index in [-0.39, 0.29) is 9.92 Å². The summed E-state index contributed by atoms with van der Waals surface area (Å²) in [5, 5.41) is -0.490. The maximum atomic E-state index is 12.7. The minimum Gasteiger partial charge on any atom is -0.292 e. The monoisotopic (exact) mass is 385 g/mol. The molecule has 124 valence electrons. The van der Waals surface area contributed by atoms with E-state index in [9.17, 15) is 21.6 Å². The van der Waals surface area contributed by atoms with Gasteiger partial charge in [-0.3, -0.25) is 5.43 Å². The van der Waals surface area contributed by atoms with Crippen LogP contribution in [0.3, 0.4) is 0 Å². The first kappa shape index (κ1) is 17.8. The number of nitrogens with zero attached hydrogens (tertiary/aromatic N) is 1. The molecule has 0 fully saturated rings. The molecule has 0 atom stereocenters. The molecule has 0 radical (unpaired) electrons. The van der Waals surface area contributed by atoms with Crippen molar-refractivity contribution in [3.63, 3.8) is 0 Å². The van der Waals surface area contributed by atoms with Crippen LogP contribution in [0.4, 0.5) is 19.0 Å². The largest absolute Gasteiger partial charge is 0.416 e. The zero-order valence-corrected chi connectivity index (χ0v) is 13.4. The molecule has 1 aromatic heterocycles. The molecule has 2 N–H and O–H groups in total. The van der Waals surface area contributed by atoms with E-state index in [1.54, 1.807) is 0 Å². The number of hydrogen-bond acceptors (Lipinski definition) is 4. The van der Waals surface area contributed by atoms with Crippen molar-refractivity contribution in [1.82, 2.24) is 9.82 Å². The molecule has 0 amide bonds. The maximum absolute atomic E-state index is 12.7. The smallest absolute Gasteiger partial charge is 0.292 e. The summed E-state index contributed by atoms with van der Waals surface area (Å²) >= 11 is 11.3. The van der Waals surface area contributed by atoms with Gasteiger partial charge >= 0.3 is 6.18 Å². The fourth-order valence-electron chi connectivity index (χ4n) is 1.56. The molecular weight excluding hydrogens is 378 g/mol. The van der Waals surface area contributed by atoms with Crippen molar-refractivity contribution in [1.29, 1.82) is 0 Å². The average molecular weight is 386 g/mol. The second kappa shape index (κ2) is 6.52. The predicted molar refractivity (Wildman–Crippen MR) is 79.6 cm³/mol. The third kappa shape index (κ3) is 4.47. The van der Waals surface area contributed by atoms with Gasteiger partial charge in [-0.05, 0) is 24.3 Å². The molecule has 5 nitrogen and oxygen atoms in total. The molecule has 0 unspecified atom stereocenters. The molecule has 0 aliphatic rings. The highest BCUT2D eigenvalue weighted by Gasteiger charge is 2.31. The summed E-state index contributed by atoms with van der Waals surface area (Å²) in [6, 6.07) is 6.80. The Morgan fingerprint density at radius 2 is 1.74 bits per heavy atom. The maximum Gasteiger partial charge on any atom is 0.416 e. The summed E-state index contributed by atoms with van der Waals surface area (Å²) in [5.74, 6) is -0.416. The summed E-state index contributed by atoms with van der Waals surface area (Å²) in [4.78, 5) is 5.21. The zero-order chi connectivity index (χ0) is 17.3. The van der Waals surface area contributed by atoms with Gasteiger partial charge in [0, 0.05) is 0 Å². The SMILES string of the molecule is O=S(=O)(NNc1cc(C(F)(F)F)cc(Cl)n1)c1ccccc1Cl. The van der Waals surface area contributed by atoms with Crippen molar-refractivity contribution >= 4 is 39.0 Å². The topological polar surface area (TPSA) is 71.1 Å². The lowest BCUT2D eigenvalue weighted by atomic mass is 10.2. The number of hydrogen-bond donors (Lipinski definition) is 2. The van der Waals surface area contributed by atoms with Gasteiger partial charge in [0.15, 0.2) is 0 Å². The number of halogens is 5. The van der Waals surface area contributed by atoms with E-state index >= 15 is 0 Å². The van der Waals surface area contributed by atoms with E-state index in [2.05, 4.69) is 10.4 Å². The van der Waals surface area contributed by atoms with Crippen LogP contribution >= 0.6 is 23.2 Å². The molecule has 0 bridgehead atoms. The Balaban J connectivity index is 2.24. The number of sulfonamides is 1. The second-order valence-electron chi connectivity index (χ2n) is 4.22. The summed E-state index contributed by atoms with van der Waals surface area (Å²) in [5.41, 5.74) is 1.000. The highest BCUT2D eigenvalue weighted by molar-refractivity contribution is 7.89. The van der Waals surface area contributed by atoms with E-state index in [4.69, 9.17) is 23.2 Å². The van der Waals surface area contributed by atoms with E-state index < -0.39 is 32.7 Å². The highest BCUT2D eigenvalue weighted by atomic mass is 35.5. The van der Waals surface area contributed by atoms with Crippen LogP contribution in [0.5, 0.6) is 0 Å². The lowest BCUT2D eigenvalue weighted by Crippen LogP contribution is -2.30. The van der Waals surface area contributed by atoms with Gasteiger partial charge in [-0.25, -0.2) is 13.4 Å². The summed E-state index contributed by atoms with van der Waals surface area (Å²) in [6.07, 6.45) is -4.65. The summed E-state index contributed by atoms with van der Waals surface area (Å²) in [6.45, 7) is 0. The molecule has 11 heteroatoms. The fraction of sp³-hybridized carbons (Fsp3) is 0.0833. The Hall–Kier alpha value is -1.55. The van der Waals surface area contributed by atoms with Crippen LogP contribution in [0.1, 0.15) is 5.56 Å². The van der Waals surface area contributed by atoms with Gasteiger partial charge < -0.3 is 0 Å². The summed E-state index contributed by atoms with van der Waals surface area (Å²) < 4.78 is 62.1. The lowest BCUT2D eigenvalue weighted by molar-refractivity contribution is -0.137. The number of pyridine rings is 1. The molecule has 0 saturated heterocycles. The van der Waals surface area contributed by atoms with Gasteiger partial charge in [0.05, 0.1) is 10.6 Å². The Bertz CT molecular complexity index is 829. The number of alkyl halides is 3.